The molecule has 3 N–H and O–H groups in total. The van der Waals surface area contributed by atoms with E-state index in [0.717, 1.165) is 31.1 Å². The van der Waals surface area contributed by atoms with Crippen molar-refractivity contribution in [1.29, 1.82) is 5.41 Å². The second-order valence-electron chi connectivity index (χ2n) is 3.64. The summed E-state index contributed by atoms with van der Waals surface area (Å²) in [5.41, 5.74) is 6.23. The molecule has 1 saturated heterocycles. The second kappa shape index (κ2) is 5.16. The highest BCUT2D eigenvalue weighted by atomic mass is 32.2. The van der Waals surface area contributed by atoms with Crippen molar-refractivity contribution in [2.24, 2.45) is 5.73 Å². The van der Waals surface area contributed by atoms with Gasteiger partial charge in [-0.1, -0.05) is 0 Å². The normalized spacial score (nSPS) is 16.9. The molecule has 86 valence electrons. The summed E-state index contributed by atoms with van der Waals surface area (Å²) in [7, 11) is 0. The number of amidine groups is 1. The fourth-order valence-corrected chi connectivity index (χ4v) is 2.61. The number of anilines is 1. The summed E-state index contributed by atoms with van der Waals surface area (Å²) in [6.07, 6.45) is 2.71. The van der Waals surface area contributed by atoms with Crippen LogP contribution in [0.4, 0.5) is 5.82 Å². The Kier molecular flexibility index (Phi) is 3.61. The van der Waals surface area contributed by atoms with Gasteiger partial charge >= 0.3 is 0 Å². The van der Waals surface area contributed by atoms with Crippen LogP contribution in [0.5, 0.6) is 0 Å². The number of thioether (sulfide) groups is 1. The van der Waals surface area contributed by atoms with Gasteiger partial charge in [-0.3, -0.25) is 5.41 Å². The van der Waals surface area contributed by atoms with Crippen molar-refractivity contribution in [3.63, 3.8) is 0 Å². The highest BCUT2D eigenvalue weighted by Gasteiger charge is 2.16. The molecule has 2 heterocycles. The van der Waals surface area contributed by atoms with E-state index in [1.165, 1.54) is 5.75 Å². The van der Waals surface area contributed by atoms with E-state index in [-0.39, 0.29) is 5.84 Å². The first kappa shape index (κ1) is 11.2. The Bertz CT molecular complexity index is 373. The van der Waals surface area contributed by atoms with Gasteiger partial charge in [0, 0.05) is 18.8 Å². The maximum absolute atomic E-state index is 7.53. The summed E-state index contributed by atoms with van der Waals surface area (Å²) in [4.78, 5) is 2.17. The molecule has 0 spiro atoms. The number of nitrogen functional groups attached to an aromatic ring is 1. The average Bonchev–Trinajstić information content (AvgIpc) is 2.57. The highest BCUT2D eigenvalue weighted by Crippen LogP contribution is 2.19. The molecule has 1 aliphatic rings. The van der Waals surface area contributed by atoms with Gasteiger partial charge in [-0.2, -0.15) is 16.9 Å². The van der Waals surface area contributed by atoms with Crippen LogP contribution in [0, 0.1) is 5.41 Å². The number of nitrogens with two attached hydrogens (primary N) is 1. The zero-order chi connectivity index (χ0) is 11.4. The van der Waals surface area contributed by atoms with Crippen molar-refractivity contribution in [1.82, 2.24) is 10.2 Å². The predicted molar refractivity (Wildman–Crippen MR) is 67.2 cm³/mol. The van der Waals surface area contributed by atoms with Crippen LogP contribution in [0.1, 0.15) is 12.0 Å². The van der Waals surface area contributed by atoms with E-state index in [9.17, 15) is 0 Å². The first-order valence-corrected chi connectivity index (χ1v) is 6.43. The number of nitrogens with one attached hydrogen (secondary N) is 1. The van der Waals surface area contributed by atoms with Gasteiger partial charge in [0.05, 0.1) is 11.8 Å². The van der Waals surface area contributed by atoms with Crippen molar-refractivity contribution in [2.75, 3.05) is 29.5 Å². The molecule has 2 rings (SSSR count). The van der Waals surface area contributed by atoms with Gasteiger partial charge < -0.3 is 10.6 Å². The third kappa shape index (κ3) is 2.44. The van der Waals surface area contributed by atoms with Crippen molar-refractivity contribution >= 4 is 23.4 Å². The Hall–Kier alpha value is -1.30. The number of hydrogen-bond donors (Lipinski definition) is 2. The van der Waals surface area contributed by atoms with Crippen LogP contribution in [0.25, 0.3) is 0 Å². The molecule has 0 aliphatic carbocycles. The lowest BCUT2D eigenvalue weighted by molar-refractivity contribution is 0.785. The van der Waals surface area contributed by atoms with E-state index in [0.29, 0.717) is 5.56 Å². The zero-order valence-electron chi connectivity index (χ0n) is 9.02. The van der Waals surface area contributed by atoms with E-state index in [4.69, 9.17) is 11.1 Å². The Balaban J connectivity index is 2.27. The standard InChI is InChI=1S/C10H15N5S/c11-9(12)8-2-3-13-14-10(8)15-4-1-6-16-7-5-15/h2-3H,1,4-7H2,(H3,11,12). The number of nitrogens with zero attached hydrogens (tertiary/aromatic N) is 3. The number of rotatable bonds is 2. The minimum Gasteiger partial charge on any atom is -0.384 e. The smallest absolute Gasteiger partial charge is 0.162 e. The molecule has 16 heavy (non-hydrogen) atoms. The fourth-order valence-electron chi connectivity index (χ4n) is 1.73. The van der Waals surface area contributed by atoms with Gasteiger partial charge in [0.2, 0.25) is 0 Å². The van der Waals surface area contributed by atoms with E-state index < -0.39 is 0 Å². The average molecular weight is 237 g/mol. The molecular weight excluding hydrogens is 222 g/mol. The quantitative estimate of drug-likeness (QED) is 0.585. The van der Waals surface area contributed by atoms with E-state index >= 15 is 0 Å². The summed E-state index contributed by atoms with van der Waals surface area (Å²) in [6, 6.07) is 1.75. The van der Waals surface area contributed by atoms with Crippen LogP contribution < -0.4 is 10.6 Å². The lowest BCUT2D eigenvalue weighted by Crippen LogP contribution is -2.29. The van der Waals surface area contributed by atoms with Crippen molar-refractivity contribution < 1.29 is 0 Å². The van der Waals surface area contributed by atoms with E-state index in [1.54, 1.807) is 12.3 Å². The Morgan fingerprint density at radius 2 is 2.31 bits per heavy atom. The largest absolute Gasteiger partial charge is 0.384 e. The summed E-state index contributed by atoms with van der Waals surface area (Å²) in [6.45, 7) is 1.91. The molecule has 1 aromatic rings. The van der Waals surface area contributed by atoms with Crippen LogP contribution in [-0.2, 0) is 0 Å². The molecule has 0 radical (unpaired) electrons. The van der Waals surface area contributed by atoms with Crippen LogP contribution in [0.3, 0.4) is 0 Å². The molecule has 1 aromatic heterocycles. The molecule has 0 atom stereocenters. The molecular formula is C10H15N5S. The van der Waals surface area contributed by atoms with Crippen LogP contribution in [0.15, 0.2) is 12.3 Å². The first-order valence-electron chi connectivity index (χ1n) is 5.28. The third-order valence-corrected chi connectivity index (χ3v) is 3.56. The maximum Gasteiger partial charge on any atom is 0.162 e. The Labute approximate surface area is 98.9 Å². The first-order chi connectivity index (χ1) is 7.79. The molecule has 1 fully saturated rings. The molecule has 0 aromatic carbocycles. The summed E-state index contributed by atoms with van der Waals surface area (Å²) in [5, 5.41) is 15.5. The van der Waals surface area contributed by atoms with Crippen molar-refractivity contribution in [3.8, 4) is 0 Å². The van der Waals surface area contributed by atoms with Crippen LogP contribution in [-0.4, -0.2) is 40.6 Å². The maximum atomic E-state index is 7.53. The Morgan fingerprint density at radius 3 is 3.12 bits per heavy atom. The topological polar surface area (TPSA) is 78.9 Å². The third-order valence-electron chi connectivity index (χ3n) is 2.51. The summed E-state index contributed by atoms with van der Waals surface area (Å²) >= 11 is 1.95. The van der Waals surface area contributed by atoms with Crippen LogP contribution in [0.2, 0.25) is 0 Å². The predicted octanol–water partition coefficient (Wildman–Crippen LogP) is 0.704. The zero-order valence-corrected chi connectivity index (χ0v) is 9.83. The van der Waals surface area contributed by atoms with Gasteiger partial charge in [-0.25, -0.2) is 0 Å². The van der Waals surface area contributed by atoms with Gasteiger partial charge in [-0.05, 0) is 18.2 Å². The SMILES string of the molecule is N=C(N)c1ccnnc1N1CCCSCC1. The molecule has 0 bridgehead atoms. The summed E-state index contributed by atoms with van der Waals surface area (Å²) in [5.74, 6) is 3.08. The minimum atomic E-state index is 0.0572. The van der Waals surface area contributed by atoms with E-state index in [1.807, 2.05) is 11.8 Å². The summed E-state index contributed by atoms with van der Waals surface area (Å²) < 4.78 is 0. The van der Waals surface area contributed by atoms with E-state index in [2.05, 4.69) is 15.1 Å². The monoisotopic (exact) mass is 237 g/mol. The van der Waals surface area contributed by atoms with Gasteiger partial charge in [0.15, 0.2) is 5.82 Å². The molecule has 0 saturated carbocycles. The van der Waals surface area contributed by atoms with Gasteiger partial charge in [-0.15, -0.1) is 5.10 Å². The lowest BCUT2D eigenvalue weighted by atomic mass is 10.2. The number of aromatic nitrogens is 2. The van der Waals surface area contributed by atoms with Gasteiger partial charge in [0.25, 0.3) is 0 Å². The van der Waals surface area contributed by atoms with Crippen molar-refractivity contribution in [2.45, 2.75) is 6.42 Å². The lowest BCUT2D eigenvalue weighted by Gasteiger charge is -2.22. The fraction of sp³-hybridized carbons (Fsp3) is 0.500. The minimum absolute atomic E-state index is 0.0572. The molecule has 5 nitrogen and oxygen atoms in total. The molecule has 6 heteroatoms. The van der Waals surface area contributed by atoms with Gasteiger partial charge in [0.1, 0.15) is 5.84 Å². The number of hydrogen-bond acceptors (Lipinski definition) is 5. The molecule has 0 unspecified atom stereocenters. The van der Waals surface area contributed by atoms with Crippen LogP contribution >= 0.6 is 11.8 Å². The highest BCUT2D eigenvalue weighted by molar-refractivity contribution is 7.99. The van der Waals surface area contributed by atoms with Crippen molar-refractivity contribution in [3.05, 3.63) is 17.8 Å². The Morgan fingerprint density at radius 1 is 1.44 bits per heavy atom. The second-order valence-corrected chi connectivity index (χ2v) is 4.86. The molecule has 0 amide bonds. The molecule has 1 aliphatic heterocycles.